The van der Waals surface area contributed by atoms with Crippen molar-refractivity contribution in [3.05, 3.63) is 10.6 Å². The summed E-state index contributed by atoms with van der Waals surface area (Å²) in [5.41, 5.74) is 0.438. The number of anilines is 1. The van der Waals surface area contributed by atoms with Crippen LogP contribution in [0.25, 0.3) is 0 Å². The highest BCUT2D eigenvalue weighted by molar-refractivity contribution is 7.15. The van der Waals surface area contributed by atoms with E-state index in [1.807, 2.05) is 6.92 Å². The molecule has 1 aliphatic rings. The molecular formula is C14H23N3O2S. The van der Waals surface area contributed by atoms with Gasteiger partial charge in [-0.1, -0.05) is 0 Å². The molecule has 1 N–H and O–H groups in total. The second-order valence-electron chi connectivity index (χ2n) is 5.20. The Labute approximate surface area is 124 Å². The number of thiazole rings is 1. The number of nitrogens with zero attached hydrogens (tertiary/aromatic N) is 2. The Bertz CT molecular complexity index is 455. The van der Waals surface area contributed by atoms with Gasteiger partial charge in [0.25, 0.3) is 0 Å². The second kappa shape index (κ2) is 7.04. The van der Waals surface area contributed by atoms with E-state index >= 15 is 0 Å². The largest absolute Gasteiger partial charge is 0.461 e. The molecule has 2 rings (SSSR count). The van der Waals surface area contributed by atoms with Gasteiger partial charge in [0.05, 0.1) is 6.61 Å². The van der Waals surface area contributed by atoms with Gasteiger partial charge in [0.15, 0.2) is 10.8 Å². The number of carbonyl (C=O) groups excluding carboxylic acids is 1. The average molecular weight is 297 g/mol. The predicted octanol–water partition coefficient (Wildman–Crippen LogP) is 2.52. The third-order valence-corrected chi connectivity index (χ3v) is 4.27. The monoisotopic (exact) mass is 297 g/mol. The number of hydrogen-bond acceptors (Lipinski definition) is 6. The number of likely N-dealkylation sites (tertiary alicyclic amines) is 1. The summed E-state index contributed by atoms with van der Waals surface area (Å²) in [4.78, 5) is 19.5. The van der Waals surface area contributed by atoms with Crippen LogP contribution >= 0.6 is 11.3 Å². The molecule has 1 unspecified atom stereocenters. The van der Waals surface area contributed by atoms with E-state index in [-0.39, 0.29) is 5.97 Å². The quantitative estimate of drug-likeness (QED) is 0.818. The Balaban J connectivity index is 1.92. The molecule has 1 aliphatic heterocycles. The van der Waals surface area contributed by atoms with Crippen LogP contribution in [-0.2, 0) is 4.74 Å². The van der Waals surface area contributed by atoms with Crippen LogP contribution in [-0.4, -0.2) is 48.1 Å². The maximum absolute atomic E-state index is 11.7. The van der Waals surface area contributed by atoms with Gasteiger partial charge in [-0.2, -0.15) is 0 Å². The molecule has 0 aliphatic carbocycles. The van der Waals surface area contributed by atoms with E-state index in [2.05, 4.69) is 22.1 Å². The van der Waals surface area contributed by atoms with Crippen LogP contribution in [0.5, 0.6) is 0 Å². The smallest absolute Gasteiger partial charge is 0.358 e. The molecule has 2 heterocycles. The van der Waals surface area contributed by atoms with Crippen molar-refractivity contribution in [2.24, 2.45) is 0 Å². The fourth-order valence-corrected chi connectivity index (χ4v) is 3.37. The number of ether oxygens (including phenoxy) is 1. The summed E-state index contributed by atoms with van der Waals surface area (Å²) in [6, 6.07) is 0.327. The molecular weight excluding hydrogens is 274 g/mol. The lowest BCUT2D eigenvalue weighted by Crippen LogP contribution is -2.32. The topological polar surface area (TPSA) is 54.5 Å². The summed E-state index contributed by atoms with van der Waals surface area (Å²) in [6.45, 7) is 9.64. The highest BCUT2D eigenvalue weighted by Gasteiger charge is 2.19. The first kappa shape index (κ1) is 15.3. The third-order valence-electron chi connectivity index (χ3n) is 3.37. The van der Waals surface area contributed by atoms with E-state index in [1.165, 1.54) is 37.3 Å². The van der Waals surface area contributed by atoms with Crippen molar-refractivity contribution in [2.75, 3.05) is 31.6 Å². The van der Waals surface area contributed by atoms with Crippen molar-refractivity contribution in [2.45, 2.75) is 39.7 Å². The number of nitrogens with one attached hydrogen (secondary N) is 1. The van der Waals surface area contributed by atoms with Gasteiger partial charge in [0.1, 0.15) is 0 Å². The van der Waals surface area contributed by atoms with E-state index in [4.69, 9.17) is 4.74 Å². The van der Waals surface area contributed by atoms with E-state index < -0.39 is 0 Å². The Morgan fingerprint density at radius 2 is 2.20 bits per heavy atom. The number of rotatable bonds is 6. The van der Waals surface area contributed by atoms with Gasteiger partial charge >= 0.3 is 5.97 Å². The highest BCUT2D eigenvalue weighted by atomic mass is 32.1. The van der Waals surface area contributed by atoms with Crippen molar-refractivity contribution in [1.29, 1.82) is 0 Å². The maximum Gasteiger partial charge on any atom is 0.358 e. The van der Waals surface area contributed by atoms with Gasteiger partial charge in [0, 0.05) is 17.5 Å². The molecule has 0 saturated carbocycles. The van der Waals surface area contributed by atoms with Gasteiger partial charge in [-0.15, -0.1) is 11.3 Å². The zero-order valence-electron chi connectivity index (χ0n) is 12.4. The molecule has 1 aromatic heterocycles. The molecule has 1 saturated heterocycles. The lowest BCUT2D eigenvalue weighted by Gasteiger charge is -2.20. The van der Waals surface area contributed by atoms with Crippen LogP contribution in [0.15, 0.2) is 0 Å². The molecule has 0 spiro atoms. The number of carbonyl (C=O) groups is 1. The standard InChI is InChI=1S/C14H23N3O2S/c1-4-19-13(18)12-11(3)20-14(16-12)15-10(2)9-17-7-5-6-8-17/h10H,4-9H2,1-3H3,(H,15,16). The van der Waals surface area contributed by atoms with Crippen LogP contribution in [0.4, 0.5) is 5.13 Å². The third kappa shape index (κ3) is 3.93. The Hall–Kier alpha value is -1.14. The Morgan fingerprint density at radius 1 is 1.50 bits per heavy atom. The normalized spacial score (nSPS) is 17.1. The molecule has 6 heteroatoms. The van der Waals surface area contributed by atoms with Crippen LogP contribution in [0.3, 0.4) is 0 Å². The summed E-state index contributed by atoms with van der Waals surface area (Å²) < 4.78 is 5.00. The molecule has 0 bridgehead atoms. The Morgan fingerprint density at radius 3 is 2.85 bits per heavy atom. The lowest BCUT2D eigenvalue weighted by atomic mass is 10.3. The summed E-state index contributed by atoms with van der Waals surface area (Å²) in [5, 5.41) is 4.19. The number of aromatic nitrogens is 1. The van der Waals surface area contributed by atoms with Crippen LogP contribution in [0, 0.1) is 6.92 Å². The molecule has 1 aromatic rings. The van der Waals surface area contributed by atoms with Crippen LogP contribution < -0.4 is 5.32 Å². The second-order valence-corrected chi connectivity index (χ2v) is 6.40. The molecule has 112 valence electrons. The first-order valence-electron chi connectivity index (χ1n) is 7.23. The number of hydrogen-bond donors (Lipinski definition) is 1. The minimum absolute atomic E-state index is 0.327. The first-order chi connectivity index (χ1) is 9.60. The van der Waals surface area contributed by atoms with Crippen molar-refractivity contribution >= 4 is 22.4 Å². The summed E-state index contributed by atoms with van der Waals surface area (Å²) in [6.07, 6.45) is 2.60. The van der Waals surface area contributed by atoms with Crippen molar-refractivity contribution in [3.8, 4) is 0 Å². The summed E-state index contributed by atoms with van der Waals surface area (Å²) >= 11 is 1.51. The van der Waals surface area contributed by atoms with Gasteiger partial charge in [-0.3, -0.25) is 0 Å². The summed E-state index contributed by atoms with van der Waals surface area (Å²) in [7, 11) is 0. The molecule has 0 radical (unpaired) electrons. The minimum Gasteiger partial charge on any atom is -0.461 e. The zero-order valence-corrected chi connectivity index (χ0v) is 13.3. The van der Waals surface area contributed by atoms with Crippen molar-refractivity contribution in [3.63, 3.8) is 0 Å². The summed E-state index contributed by atoms with van der Waals surface area (Å²) in [5.74, 6) is -0.332. The Kier molecular flexibility index (Phi) is 5.37. The molecule has 5 nitrogen and oxygen atoms in total. The van der Waals surface area contributed by atoms with Crippen LogP contribution in [0.1, 0.15) is 42.1 Å². The van der Waals surface area contributed by atoms with Gasteiger partial charge in [0.2, 0.25) is 0 Å². The van der Waals surface area contributed by atoms with Gasteiger partial charge < -0.3 is 15.0 Å². The SMILES string of the molecule is CCOC(=O)c1nc(NC(C)CN2CCCC2)sc1C. The van der Waals surface area contributed by atoms with Crippen molar-refractivity contribution in [1.82, 2.24) is 9.88 Å². The highest BCUT2D eigenvalue weighted by Crippen LogP contribution is 2.23. The minimum atomic E-state index is -0.332. The van der Waals surface area contributed by atoms with E-state index in [1.54, 1.807) is 6.92 Å². The van der Waals surface area contributed by atoms with Gasteiger partial charge in [-0.25, -0.2) is 9.78 Å². The molecule has 0 aromatic carbocycles. The molecule has 20 heavy (non-hydrogen) atoms. The zero-order chi connectivity index (χ0) is 14.5. The number of esters is 1. The average Bonchev–Trinajstić information content (AvgIpc) is 2.99. The van der Waals surface area contributed by atoms with Crippen LogP contribution in [0.2, 0.25) is 0 Å². The molecule has 0 amide bonds. The van der Waals surface area contributed by atoms with E-state index in [0.717, 1.165) is 16.6 Å². The number of aryl methyl sites for hydroxylation is 1. The molecule has 1 fully saturated rings. The van der Waals surface area contributed by atoms with Crippen molar-refractivity contribution < 1.29 is 9.53 Å². The fourth-order valence-electron chi connectivity index (χ4n) is 2.46. The lowest BCUT2D eigenvalue weighted by molar-refractivity contribution is 0.0519. The fraction of sp³-hybridized carbons (Fsp3) is 0.714. The molecule has 1 atom stereocenters. The predicted molar refractivity (Wildman–Crippen MR) is 81.6 cm³/mol. The van der Waals surface area contributed by atoms with E-state index in [9.17, 15) is 4.79 Å². The van der Waals surface area contributed by atoms with E-state index in [0.29, 0.717) is 18.3 Å². The van der Waals surface area contributed by atoms with Gasteiger partial charge in [-0.05, 0) is 46.7 Å². The maximum atomic E-state index is 11.7. The first-order valence-corrected chi connectivity index (χ1v) is 8.05.